The van der Waals surface area contributed by atoms with Crippen LogP contribution in [0.1, 0.15) is 43.2 Å². The molecule has 31 heavy (non-hydrogen) atoms. The average molecular weight is 418 g/mol. The molecule has 3 aromatic rings. The highest BCUT2D eigenvalue weighted by Gasteiger charge is 2.44. The lowest BCUT2D eigenvalue weighted by Gasteiger charge is -2.40. The molecule has 2 aliphatic rings. The summed E-state index contributed by atoms with van der Waals surface area (Å²) in [5.74, 6) is 0.582. The van der Waals surface area contributed by atoms with E-state index >= 15 is 0 Å². The van der Waals surface area contributed by atoms with Gasteiger partial charge in [-0.05, 0) is 36.5 Å². The Hall–Kier alpha value is -2.66. The van der Waals surface area contributed by atoms with Gasteiger partial charge in [0.2, 0.25) is 5.91 Å². The van der Waals surface area contributed by atoms with Gasteiger partial charge in [-0.15, -0.1) is 0 Å². The molecular formula is C26H31N3O2. The molecule has 5 nitrogen and oxygen atoms in total. The van der Waals surface area contributed by atoms with E-state index in [1.54, 1.807) is 0 Å². The molecular weight excluding hydrogens is 386 g/mol. The summed E-state index contributed by atoms with van der Waals surface area (Å²) >= 11 is 0. The van der Waals surface area contributed by atoms with Crippen LogP contribution in [0.3, 0.4) is 0 Å². The number of fused-ring (bicyclic) bond motifs is 1. The number of nitrogens with one attached hydrogen (secondary N) is 1. The van der Waals surface area contributed by atoms with Crippen molar-refractivity contribution in [3.63, 3.8) is 0 Å². The largest absolute Gasteiger partial charge is 0.379 e. The van der Waals surface area contributed by atoms with Gasteiger partial charge in [-0.3, -0.25) is 9.89 Å². The minimum Gasteiger partial charge on any atom is -0.379 e. The number of ether oxygens (including phenoxy) is 1. The third kappa shape index (κ3) is 3.99. The van der Waals surface area contributed by atoms with Crippen LogP contribution in [0.4, 0.5) is 0 Å². The molecule has 162 valence electrons. The van der Waals surface area contributed by atoms with Crippen molar-refractivity contribution in [3.8, 4) is 0 Å². The van der Waals surface area contributed by atoms with Crippen molar-refractivity contribution in [1.29, 1.82) is 0 Å². The molecule has 1 amide bonds. The molecule has 1 aromatic heterocycles. The Morgan fingerprint density at radius 2 is 1.94 bits per heavy atom. The van der Waals surface area contributed by atoms with Gasteiger partial charge in [-0.2, -0.15) is 5.10 Å². The van der Waals surface area contributed by atoms with Crippen molar-refractivity contribution in [2.75, 3.05) is 26.3 Å². The van der Waals surface area contributed by atoms with E-state index in [2.05, 4.69) is 57.6 Å². The van der Waals surface area contributed by atoms with Crippen LogP contribution in [0, 0.1) is 5.92 Å². The standard InChI is InChI=1S/C26H31N3O2/c30-25(26(12-5-2-6-13-26)22-9-3-1-4-10-22)29-14-15-31-19-20(18-29)16-21-8-7-11-24-23(21)17-27-28-24/h1,3-4,7-11,17,20H,2,5-6,12-16,18-19H2,(H,27,28)/t20-/m0/s1. The number of rotatable bonds is 4. The van der Waals surface area contributed by atoms with Gasteiger partial charge in [0.15, 0.2) is 0 Å². The van der Waals surface area contributed by atoms with Gasteiger partial charge in [0.1, 0.15) is 0 Å². The third-order valence-corrected chi connectivity index (χ3v) is 7.15. The Bertz CT molecular complexity index is 1020. The summed E-state index contributed by atoms with van der Waals surface area (Å²) in [6.45, 7) is 2.74. The highest BCUT2D eigenvalue weighted by molar-refractivity contribution is 5.88. The number of amides is 1. The van der Waals surface area contributed by atoms with E-state index in [-0.39, 0.29) is 11.3 Å². The fourth-order valence-electron chi connectivity index (χ4n) is 5.55. The maximum atomic E-state index is 14.1. The van der Waals surface area contributed by atoms with Crippen LogP contribution >= 0.6 is 0 Å². The number of hydrogen-bond acceptors (Lipinski definition) is 3. The summed E-state index contributed by atoms with van der Waals surface area (Å²) in [4.78, 5) is 16.2. The topological polar surface area (TPSA) is 58.2 Å². The minimum absolute atomic E-state index is 0.281. The van der Waals surface area contributed by atoms with Crippen LogP contribution < -0.4 is 0 Å². The Morgan fingerprint density at radius 3 is 2.77 bits per heavy atom. The Balaban J connectivity index is 1.39. The first kappa shape index (κ1) is 20.3. The number of benzene rings is 2. The SMILES string of the molecule is O=C(N1CCOC[C@@H](Cc2cccc3[nH]ncc23)C1)C1(c2ccccc2)CCCCC1. The molecule has 0 unspecified atom stereocenters. The van der Waals surface area contributed by atoms with E-state index < -0.39 is 0 Å². The van der Waals surface area contributed by atoms with Gasteiger partial charge in [-0.25, -0.2) is 0 Å². The first-order valence-electron chi connectivity index (χ1n) is 11.6. The van der Waals surface area contributed by atoms with Crippen LogP contribution in [0.2, 0.25) is 0 Å². The molecule has 2 heterocycles. The molecule has 1 saturated heterocycles. The number of aromatic nitrogens is 2. The Labute approximate surface area is 183 Å². The summed E-state index contributed by atoms with van der Waals surface area (Å²) in [6.07, 6.45) is 8.16. The second-order valence-corrected chi connectivity index (χ2v) is 9.15. The van der Waals surface area contributed by atoms with Gasteiger partial charge in [0, 0.05) is 24.4 Å². The smallest absolute Gasteiger partial charge is 0.233 e. The van der Waals surface area contributed by atoms with Crippen molar-refractivity contribution in [2.24, 2.45) is 5.92 Å². The van der Waals surface area contributed by atoms with Crippen LogP contribution in [0.15, 0.2) is 54.7 Å². The quantitative estimate of drug-likeness (QED) is 0.681. The highest BCUT2D eigenvalue weighted by Crippen LogP contribution is 2.41. The summed E-state index contributed by atoms with van der Waals surface area (Å²) < 4.78 is 5.96. The van der Waals surface area contributed by atoms with Gasteiger partial charge < -0.3 is 9.64 Å². The summed E-state index contributed by atoms with van der Waals surface area (Å²) in [5, 5.41) is 8.42. The summed E-state index contributed by atoms with van der Waals surface area (Å²) in [7, 11) is 0. The molecule has 0 radical (unpaired) electrons. The molecule has 5 heteroatoms. The van der Waals surface area contributed by atoms with E-state index in [1.807, 2.05) is 12.3 Å². The third-order valence-electron chi connectivity index (χ3n) is 7.15. The van der Waals surface area contributed by atoms with Crippen LogP contribution in [0.25, 0.3) is 10.9 Å². The highest BCUT2D eigenvalue weighted by atomic mass is 16.5. The van der Waals surface area contributed by atoms with Crippen molar-refractivity contribution in [3.05, 3.63) is 65.9 Å². The zero-order chi connectivity index (χ0) is 21.1. The Morgan fingerprint density at radius 1 is 1.10 bits per heavy atom. The lowest BCUT2D eigenvalue weighted by atomic mass is 9.68. The van der Waals surface area contributed by atoms with E-state index in [0.29, 0.717) is 25.7 Å². The predicted octanol–water partition coefficient (Wildman–Crippen LogP) is 4.48. The average Bonchev–Trinajstić information content (AvgIpc) is 3.20. The van der Waals surface area contributed by atoms with Crippen LogP contribution in [-0.2, 0) is 21.4 Å². The zero-order valence-electron chi connectivity index (χ0n) is 18.1. The van der Waals surface area contributed by atoms with E-state index in [1.165, 1.54) is 17.5 Å². The number of hydrogen-bond donors (Lipinski definition) is 1. The number of nitrogens with zero attached hydrogens (tertiary/aromatic N) is 2. The van der Waals surface area contributed by atoms with Crippen molar-refractivity contribution in [1.82, 2.24) is 15.1 Å². The second kappa shape index (κ2) is 8.83. The number of carbonyl (C=O) groups excluding carboxylic acids is 1. The lowest BCUT2D eigenvalue weighted by molar-refractivity contribution is -0.139. The maximum Gasteiger partial charge on any atom is 0.233 e. The molecule has 1 aliphatic heterocycles. The fraction of sp³-hybridized carbons (Fsp3) is 0.462. The van der Waals surface area contributed by atoms with Crippen molar-refractivity contribution < 1.29 is 9.53 Å². The second-order valence-electron chi connectivity index (χ2n) is 9.15. The number of H-pyrrole nitrogens is 1. The lowest BCUT2D eigenvalue weighted by Crippen LogP contribution is -2.50. The maximum absolute atomic E-state index is 14.1. The molecule has 2 aromatic carbocycles. The number of carbonyl (C=O) groups is 1. The van der Waals surface area contributed by atoms with Crippen molar-refractivity contribution in [2.45, 2.75) is 43.9 Å². The first-order chi connectivity index (χ1) is 15.3. The predicted molar refractivity (Wildman–Crippen MR) is 122 cm³/mol. The van der Waals surface area contributed by atoms with E-state index in [4.69, 9.17) is 4.74 Å². The molecule has 1 aliphatic carbocycles. The molecule has 1 N–H and O–H groups in total. The van der Waals surface area contributed by atoms with Gasteiger partial charge in [0.25, 0.3) is 0 Å². The Kier molecular flexibility index (Phi) is 5.77. The zero-order valence-corrected chi connectivity index (χ0v) is 18.1. The van der Waals surface area contributed by atoms with Gasteiger partial charge >= 0.3 is 0 Å². The van der Waals surface area contributed by atoms with E-state index in [9.17, 15) is 4.79 Å². The van der Waals surface area contributed by atoms with Crippen molar-refractivity contribution >= 4 is 16.8 Å². The number of aromatic amines is 1. The monoisotopic (exact) mass is 417 g/mol. The van der Waals surface area contributed by atoms with Gasteiger partial charge in [-0.1, -0.05) is 61.7 Å². The summed E-state index contributed by atoms with van der Waals surface area (Å²) in [5.41, 5.74) is 3.14. The minimum atomic E-state index is -0.376. The fourth-order valence-corrected chi connectivity index (χ4v) is 5.55. The molecule has 1 atom stereocenters. The van der Waals surface area contributed by atoms with Gasteiger partial charge in [0.05, 0.1) is 30.3 Å². The van der Waals surface area contributed by atoms with E-state index in [0.717, 1.165) is 49.6 Å². The van der Waals surface area contributed by atoms with Crippen LogP contribution in [-0.4, -0.2) is 47.3 Å². The molecule has 0 spiro atoms. The first-order valence-corrected chi connectivity index (χ1v) is 11.6. The molecule has 5 rings (SSSR count). The van der Waals surface area contributed by atoms with Crippen LogP contribution in [0.5, 0.6) is 0 Å². The molecule has 1 saturated carbocycles. The normalized spacial score (nSPS) is 21.7. The molecule has 0 bridgehead atoms. The molecule has 2 fully saturated rings. The summed E-state index contributed by atoms with van der Waals surface area (Å²) in [6, 6.07) is 16.8.